The molecule has 0 aliphatic carbocycles. The van der Waals surface area contributed by atoms with Crippen molar-refractivity contribution in [3.8, 4) is 0 Å². The first-order valence-corrected chi connectivity index (χ1v) is 13.5. The molecule has 0 radical (unpaired) electrons. The molecule has 1 aromatic heterocycles. The first-order valence-electron chi connectivity index (χ1n) is 12.7. The lowest BCUT2D eigenvalue weighted by Crippen LogP contribution is -2.50. The molecular formula is C29H35N5O3S. The van der Waals surface area contributed by atoms with Crippen LogP contribution in [0.15, 0.2) is 83.6 Å². The van der Waals surface area contributed by atoms with Crippen LogP contribution in [0.25, 0.3) is 0 Å². The van der Waals surface area contributed by atoms with Crippen LogP contribution in [0.4, 0.5) is 10.6 Å². The summed E-state index contributed by atoms with van der Waals surface area (Å²) in [6.45, 7) is 14.3. The van der Waals surface area contributed by atoms with E-state index in [4.69, 9.17) is 4.74 Å². The number of pyridine rings is 1. The highest BCUT2D eigenvalue weighted by Crippen LogP contribution is 2.38. The van der Waals surface area contributed by atoms with Gasteiger partial charge in [0, 0.05) is 31.1 Å². The lowest BCUT2D eigenvalue weighted by atomic mass is 10.2. The van der Waals surface area contributed by atoms with E-state index in [1.54, 1.807) is 29.0 Å². The molecule has 4 rings (SSSR count). The predicted molar refractivity (Wildman–Crippen MR) is 152 cm³/mol. The van der Waals surface area contributed by atoms with Gasteiger partial charge < -0.3 is 19.9 Å². The second-order valence-corrected chi connectivity index (χ2v) is 11.1. The van der Waals surface area contributed by atoms with Crippen molar-refractivity contribution in [2.75, 3.05) is 30.5 Å². The largest absolute Gasteiger partial charge is 0.444 e. The Labute approximate surface area is 229 Å². The van der Waals surface area contributed by atoms with Gasteiger partial charge in [0.25, 0.3) is 5.91 Å². The zero-order chi connectivity index (χ0) is 27.3. The van der Waals surface area contributed by atoms with Gasteiger partial charge in [-0.3, -0.25) is 9.10 Å². The summed E-state index contributed by atoms with van der Waals surface area (Å²) in [5.74, 6) is 0.449. The summed E-state index contributed by atoms with van der Waals surface area (Å²) >= 11 is 1.63. The molecule has 0 bridgehead atoms. The molecule has 1 N–H and O–H groups in total. The minimum atomic E-state index is -0.534. The Kier molecular flexibility index (Phi) is 8.46. The first kappa shape index (κ1) is 27.3. The van der Waals surface area contributed by atoms with Gasteiger partial charge in [-0.05, 0) is 69.5 Å². The number of fused-ring (bicyclic) bond motifs is 1. The summed E-state index contributed by atoms with van der Waals surface area (Å²) in [6, 6.07) is 13.7. The van der Waals surface area contributed by atoms with E-state index in [1.807, 2.05) is 64.1 Å². The van der Waals surface area contributed by atoms with Gasteiger partial charge in [-0.2, -0.15) is 0 Å². The Hall–Kier alpha value is -3.72. The van der Waals surface area contributed by atoms with E-state index in [1.165, 1.54) is 10.5 Å². The number of hydrogen-bond acceptors (Lipinski definition) is 7. The van der Waals surface area contributed by atoms with E-state index in [0.29, 0.717) is 37.6 Å². The number of nitrogens with one attached hydrogen (secondary N) is 1. The summed E-state index contributed by atoms with van der Waals surface area (Å²) in [5, 5.41) is 3.04. The average molecular weight is 534 g/mol. The molecule has 38 heavy (non-hydrogen) atoms. The van der Waals surface area contributed by atoms with Crippen molar-refractivity contribution in [3.05, 3.63) is 89.9 Å². The summed E-state index contributed by atoms with van der Waals surface area (Å²) in [7, 11) is 0. The molecule has 8 nitrogen and oxygen atoms in total. The summed E-state index contributed by atoms with van der Waals surface area (Å²) < 4.78 is 7.60. The number of benzene rings is 1. The fourth-order valence-corrected chi connectivity index (χ4v) is 5.28. The van der Waals surface area contributed by atoms with Gasteiger partial charge >= 0.3 is 6.09 Å². The normalized spacial score (nSPS) is 16.3. The number of ether oxygens (including phenoxy) is 1. The van der Waals surface area contributed by atoms with Crippen molar-refractivity contribution in [3.63, 3.8) is 0 Å². The minimum absolute atomic E-state index is 0.288. The molecule has 2 amide bonds. The maximum absolute atomic E-state index is 13.3. The highest BCUT2D eigenvalue weighted by atomic mass is 32.2. The maximum atomic E-state index is 13.3. The summed E-state index contributed by atoms with van der Waals surface area (Å²) in [4.78, 5) is 35.5. The second kappa shape index (κ2) is 11.8. The maximum Gasteiger partial charge on any atom is 0.410 e. The third kappa shape index (κ3) is 6.58. The van der Waals surface area contributed by atoms with Gasteiger partial charge in [0.15, 0.2) is 0 Å². The lowest BCUT2D eigenvalue weighted by molar-refractivity contribution is 0.0170. The molecule has 9 heteroatoms. The molecule has 0 unspecified atom stereocenters. The highest BCUT2D eigenvalue weighted by Gasteiger charge is 2.28. The van der Waals surface area contributed by atoms with Crippen LogP contribution in [0.3, 0.4) is 0 Å². The van der Waals surface area contributed by atoms with E-state index in [9.17, 15) is 9.59 Å². The van der Waals surface area contributed by atoms with Crippen LogP contribution >= 0.6 is 11.9 Å². The van der Waals surface area contributed by atoms with Crippen LogP contribution in [0, 0.1) is 0 Å². The van der Waals surface area contributed by atoms with Crippen LogP contribution in [0.2, 0.25) is 0 Å². The number of anilines is 1. The van der Waals surface area contributed by atoms with Crippen LogP contribution in [-0.4, -0.2) is 58.6 Å². The molecule has 1 aromatic carbocycles. The Morgan fingerprint density at radius 2 is 1.76 bits per heavy atom. The van der Waals surface area contributed by atoms with Crippen molar-refractivity contribution in [2.24, 2.45) is 0 Å². The monoisotopic (exact) mass is 533 g/mol. The zero-order valence-corrected chi connectivity index (χ0v) is 23.3. The van der Waals surface area contributed by atoms with Crippen LogP contribution in [0.5, 0.6) is 0 Å². The Morgan fingerprint density at radius 1 is 1.05 bits per heavy atom. The van der Waals surface area contributed by atoms with Crippen molar-refractivity contribution < 1.29 is 14.3 Å². The Balaban J connectivity index is 1.42. The van der Waals surface area contributed by atoms with Crippen LogP contribution < -0.4 is 9.62 Å². The van der Waals surface area contributed by atoms with Crippen molar-refractivity contribution in [1.29, 1.82) is 0 Å². The summed E-state index contributed by atoms with van der Waals surface area (Å²) in [5.41, 5.74) is 2.55. The topological polar surface area (TPSA) is 78.0 Å². The van der Waals surface area contributed by atoms with Gasteiger partial charge in [-0.1, -0.05) is 43.0 Å². The van der Waals surface area contributed by atoms with E-state index in [-0.39, 0.29) is 12.0 Å². The van der Waals surface area contributed by atoms with Crippen molar-refractivity contribution in [2.45, 2.75) is 44.7 Å². The number of allylic oxidation sites excluding steroid dienone is 3. The number of amides is 2. The quantitative estimate of drug-likeness (QED) is 0.395. The fraction of sp³-hybridized carbons (Fsp3) is 0.345. The number of rotatable bonds is 6. The number of piperazine rings is 1. The number of aromatic nitrogens is 1. The Bertz CT molecular complexity index is 1230. The number of carbonyl (C=O) groups is 2. The fourth-order valence-electron chi connectivity index (χ4n) is 4.25. The zero-order valence-electron chi connectivity index (χ0n) is 22.4. The third-order valence-electron chi connectivity index (χ3n) is 6.08. The standard InChI is InChI=1S/C29H35N5O3S/c1-6-11-24(32-16-18-33(19-17-32)28(36)37-29(3,4)5)22(7-2)31-27(35)23-13-10-15-26(30-23)34-20-21-12-8-9-14-25(21)38-34/h6-15H,1,16-20H2,2-5H3,(H,31,35)/b22-7+,24-11+. The van der Waals surface area contributed by atoms with Crippen molar-refractivity contribution in [1.82, 2.24) is 20.1 Å². The van der Waals surface area contributed by atoms with Gasteiger partial charge in [0.05, 0.1) is 17.9 Å². The molecule has 1 saturated heterocycles. The molecule has 0 spiro atoms. The molecule has 1 fully saturated rings. The molecule has 2 aliphatic heterocycles. The molecular weight excluding hydrogens is 498 g/mol. The Morgan fingerprint density at radius 3 is 2.42 bits per heavy atom. The lowest BCUT2D eigenvalue weighted by Gasteiger charge is -2.38. The van der Waals surface area contributed by atoms with E-state index in [2.05, 4.69) is 38.2 Å². The molecule has 200 valence electrons. The highest BCUT2D eigenvalue weighted by molar-refractivity contribution is 8.01. The first-order chi connectivity index (χ1) is 18.2. The predicted octanol–water partition coefficient (Wildman–Crippen LogP) is 5.37. The third-order valence-corrected chi connectivity index (χ3v) is 7.21. The molecule has 0 saturated carbocycles. The van der Waals surface area contributed by atoms with Gasteiger partial charge in [-0.15, -0.1) is 0 Å². The summed E-state index contributed by atoms with van der Waals surface area (Å²) in [6.07, 6.45) is 5.13. The second-order valence-electron chi connectivity index (χ2n) is 10.0. The molecule has 0 atom stereocenters. The van der Waals surface area contributed by atoms with Crippen molar-refractivity contribution >= 4 is 29.8 Å². The minimum Gasteiger partial charge on any atom is -0.444 e. The molecule has 2 aromatic rings. The smallest absolute Gasteiger partial charge is 0.410 e. The van der Waals surface area contributed by atoms with Crippen LogP contribution in [-0.2, 0) is 11.3 Å². The van der Waals surface area contributed by atoms with Gasteiger partial charge in [0.1, 0.15) is 17.1 Å². The average Bonchev–Trinajstić information content (AvgIpc) is 3.34. The van der Waals surface area contributed by atoms with E-state index < -0.39 is 5.60 Å². The number of carbonyl (C=O) groups excluding carboxylic acids is 2. The molecule has 3 heterocycles. The van der Waals surface area contributed by atoms with E-state index >= 15 is 0 Å². The van der Waals surface area contributed by atoms with E-state index in [0.717, 1.165) is 18.1 Å². The van der Waals surface area contributed by atoms with Gasteiger partial charge in [-0.25, -0.2) is 9.78 Å². The number of nitrogens with zero attached hydrogens (tertiary/aromatic N) is 4. The SMILES string of the molecule is C=C/C=C(\C(=C/C)NC(=O)c1cccc(N2Cc3ccccc3S2)n1)N1CCN(C(=O)OC(C)(C)C)CC1. The molecule has 2 aliphatic rings. The number of hydrogen-bond donors (Lipinski definition) is 1. The van der Waals surface area contributed by atoms with Crippen LogP contribution in [0.1, 0.15) is 43.7 Å². The van der Waals surface area contributed by atoms with Gasteiger partial charge in [0.2, 0.25) is 0 Å².